The van der Waals surface area contributed by atoms with Crippen molar-refractivity contribution >= 4 is 21.7 Å². The predicted molar refractivity (Wildman–Crippen MR) is 79.3 cm³/mol. The molecule has 0 saturated heterocycles. The van der Waals surface area contributed by atoms with Crippen molar-refractivity contribution in [2.75, 3.05) is 11.4 Å². The first kappa shape index (κ1) is 15.1. The number of aryl methyl sites for hydroxylation is 1. The van der Waals surface area contributed by atoms with Gasteiger partial charge in [0.25, 0.3) is 10.0 Å². The summed E-state index contributed by atoms with van der Waals surface area (Å²) in [6.07, 6.45) is 1.18. The van der Waals surface area contributed by atoms with Crippen molar-refractivity contribution < 1.29 is 18.3 Å². The second-order valence-corrected chi connectivity index (χ2v) is 6.72. The van der Waals surface area contributed by atoms with E-state index in [1.54, 1.807) is 12.1 Å². The molecule has 7 heteroatoms. The van der Waals surface area contributed by atoms with E-state index >= 15 is 0 Å². The van der Waals surface area contributed by atoms with Gasteiger partial charge < -0.3 is 10.1 Å². The van der Waals surface area contributed by atoms with E-state index in [1.165, 1.54) is 13.2 Å². The molecule has 21 heavy (non-hydrogen) atoms. The normalized spacial score (nSPS) is 11.4. The van der Waals surface area contributed by atoms with E-state index in [-0.39, 0.29) is 10.6 Å². The van der Waals surface area contributed by atoms with Crippen LogP contribution in [0.2, 0.25) is 0 Å². The summed E-state index contributed by atoms with van der Waals surface area (Å²) in [5.74, 6) is -1.20. The first-order chi connectivity index (χ1) is 9.75. The summed E-state index contributed by atoms with van der Waals surface area (Å²) >= 11 is 0. The van der Waals surface area contributed by atoms with Crippen molar-refractivity contribution in [2.24, 2.45) is 0 Å². The molecular formula is C14H16N2O4S. The van der Waals surface area contributed by atoms with Crippen LogP contribution in [0.25, 0.3) is 0 Å². The van der Waals surface area contributed by atoms with Crippen LogP contribution in [0.3, 0.4) is 0 Å². The van der Waals surface area contributed by atoms with Crippen molar-refractivity contribution in [3.63, 3.8) is 0 Å². The Labute approximate surface area is 123 Å². The zero-order chi connectivity index (χ0) is 15.8. The van der Waals surface area contributed by atoms with E-state index in [9.17, 15) is 13.2 Å². The monoisotopic (exact) mass is 308 g/mol. The number of rotatable bonds is 4. The quantitative estimate of drug-likeness (QED) is 0.905. The molecule has 0 atom stereocenters. The van der Waals surface area contributed by atoms with Gasteiger partial charge in [-0.25, -0.2) is 13.2 Å². The summed E-state index contributed by atoms with van der Waals surface area (Å²) in [7, 11) is -2.36. The molecule has 1 heterocycles. The van der Waals surface area contributed by atoms with Gasteiger partial charge in [0, 0.05) is 13.2 Å². The average molecular weight is 308 g/mol. The van der Waals surface area contributed by atoms with E-state index in [4.69, 9.17) is 5.11 Å². The molecule has 0 saturated carbocycles. The lowest BCUT2D eigenvalue weighted by molar-refractivity contribution is 0.0691. The number of H-pyrrole nitrogens is 1. The van der Waals surface area contributed by atoms with Crippen LogP contribution < -0.4 is 4.31 Å². The van der Waals surface area contributed by atoms with Gasteiger partial charge in [0.05, 0.1) is 5.69 Å². The van der Waals surface area contributed by atoms with Crippen molar-refractivity contribution in [2.45, 2.75) is 18.7 Å². The first-order valence-electron chi connectivity index (χ1n) is 6.22. The number of aromatic carboxylic acids is 1. The van der Waals surface area contributed by atoms with Gasteiger partial charge >= 0.3 is 5.97 Å². The van der Waals surface area contributed by atoms with Gasteiger partial charge in [-0.3, -0.25) is 4.31 Å². The molecule has 2 N–H and O–H groups in total. The fourth-order valence-electron chi connectivity index (χ4n) is 2.01. The number of aromatic nitrogens is 1. The molecule has 0 fully saturated rings. The summed E-state index contributed by atoms with van der Waals surface area (Å²) in [5, 5.41) is 8.86. The van der Waals surface area contributed by atoms with Gasteiger partial charge in [0.1, 0.15) is 10.6 Å². The Morgan fingerprint density at radius 2 is 1.95 bits per heavy atom. The van der Waals surface area contributed by atoms with Gasteiger partial charge in [-0.2, -0.15) is 0 Å². The van der Waals surface area contributed by atoms with E-state index in [2.05, 4.69) is 4.98 Å². The minimum absolute atomic E-state index is 0.0803. The molecule has 0 aliphatic rings. The Kier molecular flexibility index (Phi) is 3.78. The zero-order valence-corrected chi connectivity index (χ0v) is 12.7. The molecule has 1 aromatic carbocycles. The number of carboxylic acids is 1. The summed E-state index contributed by atoms with van der Waals surface area (Å²) in [4.78, 5) is 13.2. The van der Waals surface area contributed by atoms with Crippen LogP contribution in [0.1, 0.15) is 21.6 Å². The highest BCUT2D eigenvalue weighted by Crippen LogP contribution is 2.27. The molecule has 0 unspecified atom stereocenters. The van der Waals surface area contributed by atoms with Gasteiger partial charge in [-0.05, 0) is 37.1 Å². The zero-order valence-electron chi connectivity index (χ0n) is 11.9. The number of carbonyl (C=O) groups is 1. The third kappa shape index (κ3) is 2.64. The Morgan fingerprint density at radius 1 is 1.29 bits per heavy atom. The highest BCUT2D eigenvalue weighted by atomic mass is 32.2. The number of benzene rings is 1. The topological polar surface area (TPSA) is 90.5 Å². The third-order valence-electron chi connectivity index (χ3n) is 3.46. The third-order valence-corrected chi connectivity index (χ3v) is 5.21. The molecule has 6 nitrogen and oxygen atoms in total. The highest BCUT2D eigenvalue weighted by Gasteiger charge is 2.25. The van der Waals surface area contributed by atoms with Gasteiger partial charge in [-0.1, -0.05) is 12.1 Å². The van der Waals surface area contributed by atoms with Gasteiger partial charge in [0.2, 0.25) is 0 Å². The number of hydrogen-bond donors (Lipinski definition) is 2. The number of hydrogen-bond acceptors (Lipinski definition) is 3. The number of aromatic amines is 1. The largest absolute Gasteiger partial charge is 0.477 e. The fourth-order valence-corrected chi connectivity index (χ4v) is 3.26. The SMILES string of the molecule is Cc1cccc(N(C)S(=O)(=O)c2c[nH]c(C(=O)O)c2)c1C. The second kappa shape index (κ2) is 5.25. The standard InChI is InChI=1S/C14H16N2O4S/c1-9-5-4-6-13(10(9)2)16(3)21(19,20)11-7-12(14(17)18)15-8-11/h4-8,15H,1-3H3,(H,17,18). The molecule has 0 bridgehead atoms. The minimum Gasteiger partial charge on any atom is -0.477 e. The van der Waals surface area contributed by atoms with Crippen LogP contribution in [-0.4, -0.2) is 31.5 Å². The lowest BCUT2D eigenvalue weighted by Gasteiger charge is -2.21. The molecule has 112 valence electrons. The molecular weight excluding hydrogens is 292 g/mol. The molecule has 2 rings (SSSR count). The van der Waals surface area contributed by atoms with Crippen LogP contribution in [0, 0.1) is 13.8 Å². The second-order valence-electron chi connectivity index (χ2n) is 4.75. The van der Waals surface area contributed by atoms with Crippen molar-refractivity contribution in [3.8, 4) is 0 Å². The predicted octanol–water partition coefficient (Wildman–Crippen LogP) is 2.15. The smallest absolute Gasteiger partial charge is 0.352 e. The number of sulfonamides is 1. The summed E-state index contributed by atoms with van der Waals surface area (Å²) in [6.45, 7) is 3.74. The Morgan fingerprint density at radius 3 is 2.52 bits per heavy atom. The average Bonchev–Trinajstić information content (AvgIpc) is 2.91. The highest BCUT2D eigenvalue weighted by molar-refractivity contribution is 7.92. The maximum Gasteiger partial charge on any atom is 0.352 e. The maximum absolute atomic E-state index is 12.5. The van der Waals surface area contributed by atoms with Crippen molar-refractivity contribution in [3.05, 3.63) is 47.3 Å². The summed E-state index contributed by atoms with van der Waals surface area (Å²) in [5.41, 5.74) is 2.24. The van der Waals surface area contributed by atoms with Crippen molar-refractivity contribution in [1.29, 1.82) is 0 Å². The molecule has 0 radical (unpaired) electrons. The molecule has 0 spiro atoms. The lowest BCUT2D eigenvalue weighted by atomic mass is 10.1. The minimum atomic E-state index is -3.81. The van der Waals surface area contributed by atoms with Gasteiger partial charge in [-0.15, -0.1) is 0 Å². The number of carboxylic acid groups (broad SMARTS) is 1. The lowest BCUT2D eigenvalue weighted by Crippen LogP contribution is -2.27. The van der Waals surface area contributed by atoms with E-state index in [0.29, 0.717) is 5.69 Å². The molecule has 0 amide bonds. The molecule has 2 aromatic rings. The number of nitrogens with one attached hydrogen (secondary N) is 1. The van der Waals surface area contributed by atoms with E-state index < -0.39 is 16.0 Å². The number of anilines is 1. The summed E-state index contributed by atoms with van der Waals surface area (Å²) < 4.78 is 26.2. The molecule has 1 aromatic heterocycles. The van der Waals surface area contributed by atoms with E-state index in [0.717, 1.165) is 21.5 Å². The first-order valence-corrected chi connectivity index (χ1v) is 7.66. The Bertz CT molecular complexity index is 793. The van der Waals surface area contributed by atoms with Crippen LogP contribution in [0.15, 0.2) is 35.4 Å². The van der Waals surface area contributed by atoms with Gasteiger partial charge in [0.15, 0.2) is 0 Å². The van der Waals surface area contributed by atoms with Crippen LogP contribution >= 0.6 is 0 Å². The summed E-state index contributed by atoms with van der Waals surface area (Å²) in [6, 6.07) is 6.51. The Balaban J connectivity index is 2.47. The molecule has 0 aliphatic heterocycles. The van der Waals surface area contributed by atoms with Crippen LogP contribution in [0.4, 0.5) is 5.69 Å². The van der Waals surface area contributed by atoms with Crippen molar-refractivity contribution in [1.82, 2.24) is 4.98 Å². The Hall–Kier alpha value is -2.28. The number of nitrogens with zero attached hydrogens (tertiary/aromatic N) is 1. The van der Waals surface area contributed by atoms with E-state index in [1.807, 2.05) is 19.9 Å². The fraction of sp³-hybridized carbons (Fsp3) is 0.214. The molecule has 0 aliphatic carbocycles. The van der Waals surface area contributed by atoms with Crippen LogP contribution in [0.5, 0.6) is 0 Å². The maximum atomic E-state index is 12.5. The van der Waals surface area contributed by atoms with Crippen LogP contribution in [-0.2, 0) is 10.0 Å².